The van der Waals surface area contributed by atoms with E-state index in [9.17, 15) is 18.4 Å². The van der Waals surface area contributed by atoms with Gasteiger partial charge in [-0.2, -0.15) is 0 Å². The third-order valence-corrected chi connectivity index (χ3v) is 3.53. The SMILES string of the molecule is CC(C)(C)OC(=O)Nc1ccc(F)cc1NC(=O)c1cc(Br)ccc1F. The van der Waals surface area contributed by atoms with Gasteiger partial charge >= 0.3 is 6.09 Å². The van der Waals surface area contributed by atoms with Crippen LogP contribution in [0.15, 0.2) is 40.9 Å². The summed E-state index contributed by atoms with van der Waals surface area (Å²) in [5, 5.41) is 4.83. The predicted octanol–water partition coefficient (Wildman–Crippen LogP) is 5.33. The molecule has 0 bridgehead atoms. The molecular weight excluding hydrogens is 410 g/mol. The van der Waals surface area contributed by atoms with Gasteiger partial charge in [0.2, 0.25) is 0 Å². The Kier molecular flexibility index (Phi) is 5.97. The van der Waals surface area contributed by atoms with Crippen LogP contribution in [0.3, 0.4) is 0 Å². The molecule has 0 unspecified atom stereocenters. The Morgan fingerprint density at radius 1 is 1.00 bits per heavy atom. The zero-order chi connectivity index (χ0) is 19.5. The Hall–Kier alpha value is -2.48. The Bertz CT molecular complexity index is 851. The number of rotatable bonds is 3. The van der Waals surface area contributed by atoms with Crippen LogP contribution in [-0.4, -0.2) is 17.6 Å². The minimum atomic E-state index is -0.790. The molecule has 138 valence electrons. The van der Waals surface area contributed by atoms with Gasteiger partial charge in [-0.25, -0.2) is 13.6 Å². The molecule has 0 saturated heterocycles. The predicted molar refractivity (Wildman–Crippen MR) is 98.3 cm³/mol. The number of carbonyl (C=O) groups is 2. The Labute approximate surface area is 157 Å². The first-order valence-electron chi connectivity index (χ1n) is 7.61. The standard InChI is InChI=1S/C18H17BrF2N2O3/c1-18(2,3)26-17(25)23-14-7-5-11(20)9-15(14)22-16(24)12-8-10(19)4-6-13(12)21/h4-9H,1-3H3,(H,22,24)(H,23,25). The molecule has 0 fully saturated rings. The molecule has 0 aromatic heterocycles. The van der Waals surface area contributed by atoms with E-state index in [2.05, 4.69) is 26.6 Å². The van der Waals surface area contributed by atoms with Gasteiger partial charge < -0.3 is 10.1 Å². The third-order valence-electron chi connectivity index (χ3n) is 3.04. The quantitative estimate of drug-likeness (QED) is 0.696. The fourth-order valence-corrected chi connectivity index (χ4v) is 2.36. The summed E-state index contributed by atoms with van der Waals surface area (Å²) < 4.78 is 33.1. The van der Waals surface area contributed by atoms with Gasteiger partial charge in [0.25, 0.3) is 5.91 Å². The lowest BCUT2D eigenvalue weighted by Gasteiger charge is -2.20. The van der Waals surface area contributed by atoms with E-state index in [-0.39, 0.29) is 16.9 Å². The minimum Gasteiger partial charge on any atom is -0.444 e. The second-order valence-corrected chi connectivity index (χ2v) is 7.31. The van der Waals surface area contributed by atoms with Crippen LogP contribution in [0.4, 0.5) is 25.0 Å². The summed E-state index contributed by atoms with van der Waals surface area (Å²) in [6.07, 6.45) is -0.770. The summed E-state index contributed by atoms with van der Waals surface area (Å²) in [5.41, 5.74) is -0.871. The number of carbonyl (C=O) groups excluding carboxylic acids is 2. The van der Waals surface area contributed by atoms with Gasteiger partial charge in [0.05, 0.1) is 16.9 Å². The van der Waals surface area contributed by atoms with Gasteiger partial charge in [0.1, 0.15) is 17.2 Å². The van der Waals surface area contributed by atoms with E-state index in [1.165, 1.54) is 18.2 Å². The van der Waals surface area contributed by atoms with Crippen molar-refractivity contribution in [2.45, 2.75) is 26.4 Å². The summed E-state index contributed by atoms with van der Waals surface area (Å²) in [6.45, 7) is 5.07. The molecule has 2 rings (SSSR count). The first kappa shape index (κ1) is 19.8. The van der Waals surface area contributed by atoms with Crippen molar-refractivity contribution in [1.82, 2.24) is 0 Å². The lowest BCUT2D eigenvalue weighted by atomic mass is 10.2. The second-order valence-electron chi connectivity index (χ2n) is 6.40. The highest BCUT2D eigenvalue weighted by Crippen LogP contribution is 2.25. The van der Waals surface area contributed by atoms with Crippen molar-refractivity contribution in [3.05, 3.63) is 58.1 Å². The Morgan fingerprint density at radius 2 is 1.69 bits per heavy atom. The number of nitrogens with one attached hydrogen (secondary N) is 2. The van der Waals surface area contributed by atoms with Crippen LogP contribution in [0.5, 0.6) is 0 Å². The third kappa shape index (κ3) is 5.52. The molecule has 26 heavy (non-hydrogen) atoms. The van der Waals surface area contributed by atoms with Crippen LogP contribution >= 0.6 is 15.9 Å². The lowest BCUT2D eigenvalue weighted by Crippen LogP contribution is -2.27. The first-order valence-corrected chi connectivity index (χ1v) is 8.40. The Morgan fingerprint density at radius 3 is 2.35 bits per heavy atom. The van der Waals surface area contributed by atoms with Gasteiger partial charge in [-0.3, -0.25) is 10.1 Å². The summed E-state index contributed by atoms with van der Waals surface area (Å²) in [6, 6.07) is 7.27. The highest BCUT2D eigenvalue weighted by molar-refractivity contribution is 9.10. The van der Waals surface area contributed by atoms with E-state index in [0.29, 0.717) is 4.47 Å². The van der Waals surface area contributed by atoms with Crippen molar-refractivity contribution in [3.63, 3.8) is 0 Å². The fraction of sp³-hybridized carbons (Fsp3) is 0.222. The molecule has 2 amide bonds. The average molecular weight is 427 g/mol. The average Bonchev–Trinajstić information content (AvgIpc) is 2.50. The second kappa shape index (κ2) is 7.82. The van der Waals surface area contributed by atoms with Crippen LogP contribution < -0.4 is 10.6 Å². The summed E-state index contributed by atoms with van der Waals surface area (Å²) in [4.78, 5) is 24.2. The number of ether oxygens (including phenoxy) is 1. The Balaban J connectivity index is 2.26. The van der Waals surface area contributed by atoms with Gasteiger partial charge in [0.15, 0.2) is 0 Å². The van der Waals surface area contributed by atoms with E-state index < -0.39 is 29.2 Å². The number of hydrogen-bond acceptors (Lipinski definition) is 3. The molecular formula is C18H17BrF2N2O3. The zero-order valence-corrected chi connectivity index (χ0v) is 15.9. The van der Waals surface area contributed by atoms with Crippen molar-refractivity contribution in [3.8, 4) is 0 Å². The molecule has 0 aliphatic heterocycles. The highest BCUT2D eigenvalue weighted by Gasteiger charge is 2.19. The molecule has 0 saturated carbocycles. The first-order chi connectivity index (χ1) is 12.0. The molecule has 0 spiro atoms. The lowest BCUT2D eigenvalue weighted by molar-refractivity contribution is 0.0635. The maximum absolute atomic E-state index is 13.9. The smallest absolute Gasteiger partial charge is 0.412 e. The number of benzene rings is 2. The van der Waals surface area contributed by atoms with Crippen molar-refractivity contribution in [2.24, 2.45) is 0 Å². The number of anilines is 2. The normalized spacial score (nSPS) is 11.0. The molecule has 5 nitrogen and oxygen atoms in total. The summed E-state index contributed by atoms with van der Waals surface area (Å²) in [5.74, 6) is -2.16. The van der Waals surface area contributed by atoms with Crippen molar-refractivity contribution in [2.75, 3.05) is 10.6 Å². The van der Waals surface area contributed by atoms with Crippen molar-refractivity contribution in [1.29, 1.82) is 0 Å². The summed E-state index contributed by atoms with van der Waals surface area (Å²) in [7, 11) is 0. The van der Waals surface area contributed by atoms with Crippen LogP contribution in [0, 0.1) is 11.6 Å². The number of hydrogen-bond donors (Lipinski definition) is 2. The zero-order valence-electron chi connectivity index (χ0n) is 14.3. The number of halogens is 3. The topological polar surface area (TPSA) is 67.4 Å². The van der Waals surface area contributed by atoms with Crippen molar-refractivity contribution < 1.29 is 23.1 Å². The monoisotopic (exact) mass is 426 g/mol. The van der Waals surface area contributed by atoms with Crippen molar-refractivity contribution >= 4 is 39.3 Å². The molecule has 0 heterocycles. The van der Waals surface area contributed by atoms with Gasteiger partial charge in [0, 0.05) is 4.47 Å². The van der Waals surface area contributed by atoms with Gasteiger partial charge in [-0.05, 0) is 57.2 Å². The van der Waals surface area contributed by atoms with Crippen LogP contribution in [-0.2, 0) is 4.74 Å². The molecule has 8 heteroatoms. The maximum Gasteiger partial charge on any atom is 0.412 e. The fourth-order valence-electron chi connectivity index (χ4n) is 2.00. The van der Waals surface area contributed by atoms with Crippen LogP contribution in [0.25, 0.3) is 0 Å². The van der Waals surface area contributed by atoms with E-state index in [1.54, 1.807) is 20.8 Å². The molecule has 2 aromatic carbocycles. The van der Waals surface area contributed by atoms with Crippen LogP contribution in [0.2, 0.25) is 0 Å². The molecule has 0 aliphatic rings. The van der Waals surface area contributed by atoms with E-state index in [0.717, 1.165) is 18.2 Å². The van der Waals surface area contributed by atoms with Crippen LogP contribution in [0.1, 0.15) is 31.1 Å². The largest absolute Gasteiger partial charge is 0.444 e. The maximum atomic E-state index is 13.9. The van der Waals surface area contributed by atoms with Gasteiger partial charge in [-0.15, -0.1) is 0 Å². The number of amides is 2. The minimum absolute atomic E-state index is 0.0276. The molecule has 0 atom stereocenters. The van der Waals surface area contributed by atoms with E-state index in [1.807, 2.05) is 0 Å². The summed E-state index contributed by atoms with van der Waals surface area (Å²) >= 11 is 3.16. The van der Waals surface area contributed by atoms with E-state index >= 15 is 0 Å². The molecule has 2 N–H and O–H groups in total. The molecule has 2 aromatic rings. The molecule has 0 aliphatic carbocycles. The van der Waals surface area contributed by atoms with Gasteiger partial charge in [-0.1, -0.05) is 15.9 Å². The molecule has 0 radical (unpaired) electrons. The highest BCUT2D eigenvalue weighted by atomic mass is 79.9. The van der Waals surface area contributed by atoms with E-state index in [4.69, 9.17) is 4.74 Å².